The zero-order valence-corrected chi connectivity index (χ0v) is 14.5. The van der Waals surface area contributed by atoms with E-state index >= 15 is 0 Å². The van der Waals surface area contributed by atoms with Crippen molar-refractivity contribution in [2.24, 2.45) is 5.92 Å². The van der Waals surface area contributed by atoms with Crippen molar-refractivity contribution in [3.8, 4) is 5.75 Å². The zero-order chi connectivity index (χ0) is 18.1. The first-order valence-corrected chi connectivity index (χ1v) is 8.64. The highest BCUT2D eigenvalue weighted by Gasteiger charge is 2.48. The maximum Gasteiger partial charge on any atom is 0.254 e. The Balaban J connectivity index is 1.58. The van der Waals surface area contributed by atoms with Crippen LogP contribution in [0.25, 0.3) is 10.9 Å². The van der Waals surface area contributed by atoms with E-state index in [2.05, 4.69) is 15.3 Å². The van der Waals surface area contributed by atoms with Crippen LogP contribution in [0.5, 0.6) is 5.75 Å². The molecule has 0 bridgehead atoms. The lowest BCUT2D eigenvalue weighted by molar-refractivity contribution is -0.143. The number of alkyl halides is 2. The van der Waals surface area contributed by atoms with E-state index in [1.165, 1.54) is 0 Å². The van der Waals surface area contributed by atoms with Crippen molar-refractivity contribution >= 4 is 28.3 Å². The summed E-state index contributed by atoms with van der Waals surface area (Å²) in [5, 5.41) is 3.89. The summed E-state index contributed by atoms with van der Waals surface area (Å²) < 4.78 is 37.8. The molecule has 4 rings (SSSR count). The summed E-state index contributed by atoms with van der Waals surface area (Å²) in [6.07, 6.45) is 1.97. The highest BCUT2D eigenvalue weighted by Crippen LogP contribution is 2.43. The van der Waals surface area contributed by atoms with E-state index in [1.807, 2.05) is 12.1 Å². The molecule has 1 aliphatic rings. The van der Waals surface area contributed by atoms with Crippen LogP contribution in [0, 0.1) is 5.92 Å². The van der Waals surface area contributed by atoms with E-state index in [-0.39, 0.29) is 18.3 Å². The van der Waals surface area contributed by atoms with Gasteiger partial charge in [0.25, 0.3) is 5.92 Å². The van der Waals surface area contributed by atoms with Gasteiger partial charge in [-0.25, -0.2) is 18.7 Å². The van der Waals surface area contributed by atoms with E-state index in [0.29, 0.717) is 35.4 Å². The minimum Gasteiger partial charge on any atom is -0.491 e. The molecule has 0 aliphatic heterocycles. The minimum atomic E-state index is -2.65. The second-order valence-corrected chi connectivity index (χ2v) is 6.57. The summed E-state index contributed by atoms with van der Waals surface area (Å²) in [5.74, 6) is -1.72. The first-order valence-electron chi connectivity index (χ1n) is 8.26. The van der Waals surface area contributed by atoms with Crippen LogP contribution in [0.2, 0.25) is 5.28 Å². The van der Waals surface area contributed by atoms with E-state index in [0.717, 1.165) is 5.76 Å². The Morgan fingerprint density at radius 1 is 1.27 bits per heavy atom. The van der Waals surface area contributed by atoms with Crippen molar-refractivity contribution < 1.29 is 17.9 Å². The molecule has 5 nitrogen and oxygen atoms in total. The summed E-state index contributed by atoms with van der Waals surface area (Å²) in [7, 11) is 0. The summed E-state index contributed by atoms with van der Waals surface area (Å²) in [5.41, 5.74) is 0.483. The van der Waals surface area contributed by atoms with Gasteiger partial charge >= 0.3 is 0 Å². The molecule has 26 heavy (non-hydrogen) atoms. The molecule has 0 spiro atoms. The summed E-state index contributed by atoms with van der Waals surface area (Å²) in [6, 6.07) is 8.92. The zero-order valence-electron chi connectivity index (χ0n) is 13.7. The largest absolute Gasteiger partial charge is 0.491 e. The van der Waals surface area contributed by atoms with Gasteiger partial charge in [-0.1, -0.05) is 6.07 Å². The summed E-state index contributed by atoms with van der Waals surface area (Å²) in [4.78, 5) is 8.43. The molecule has 1 aliphatic carbocycles. The third kappa shape index (κ3) is 3.31. The number of fused-ring (bicyclic) bond motifs is 1. The number of para-hydroxylation sites is 1. The van der Waals surface area contributed by atoms with Crippen LogP contribution in [0.4, 0.5) is 14.6 Å². The van der Waals surface area contributed by atoms with Crippen LogP contribution in [-0.4, -0.2) is 22.5 Å². The van der Waals surface area contributed by atoms with Crippen molar-refractivity contribution in [3.05, 3.63) is 47.6 Å². The maximum atomic E-state index is 13.4. The molecule has 0 radical (unpaired) electrons. The Hall–Kier alpha value is -2.41. The van der Waals surface area contributed by atoms with Gasteiger partial charge in [-0.15, -0.1) is 0 Å². The Bertz CT molecular complexity index is 918. The molecule has 0 saturated heterocycles. The molecule has 1 aromatic carbocycles. The number of nitrogens with zero attached hydrogens (tertiary/aromatic N) is 2. The number of ether oxygens (including phenoxy) is 1. The minimum absolute atomic E-state index is 0.0458. The van der Waals surface area contributed by atoms with Crippen molar-refractivity contribution in [1.29, 1.82) is 0 Å². The maximum absolute atomic E-state index is 13.4. The number of halogens is 3. The average Bonchev–Trinajstić information content (AvgIpc) is 3.13. The fraction of sp³-hybridized carbons (Fsp3) is 0.333. The highest BCUT2D eigenvalue weighted by molar-refractivity contribution is 6.29. The van der Waals surface area contributed by atoms with Crippen molar-refractivity contribution in [3.63, 3.8) is 0 Å². The van der Waals surface area contributed by atoms with Gasteiger partial charge < -0.3 is 14.5 Å². The highest BCUT2D eigenvalue weighted by atomic mass is 35.5. The van der Waals surface area contributed by atoms with Crippen molar-refractivity contribution in [1.82, 2.24) is 9.97 Å². The molecule has 1 saturated carbocycles. The average molecular weight is 380 g/mol. The van der Waals surface area contributed by atoms with Crippen LogP contribution in [0.15, 0.2) is 41.0 Å². The van der Waals surface area contributed by atoms with Gasteiger partial charge in [-0.2, -0.15) is 0 Å². The molecule has 1 unspecified atom stereocenters. The quantitative estimate of drug-likeness (QED) is 0.616. The molecular formula is C18H16ClF2N3O2. The third-order valence-electron chi connectivity index (χ3n) is 4.54. The predicted molar refractivity (Wildman–Crippen MR) is 93.7 cm³/mol. The van der Waals surface area contributed by atoms with E-state index in [9.17, 15) is 8.78 Å². The molecular weight excluding hydrogens is 364 g/mol. The lowest BCUT2D eigenvalue weighted by Crippen LogP contribution is -2.42. The van der Waals surface area contributed by atoms with Crippen molar-refractivity contribution in [2.45, 2.75) is 25.3 Å². The monoisotopic (exact) mass is 379 g/mol. The van der Waals surface area contributed by atoms with Crippen LogP contribution in [0.1, 0.15) is 18.6 Å². The van der Waals surface area contributed by atoms with Gasteiger partial charge in [0.05, 0.1) is 25.3 Å². The molecule has 136 valence electrons. The smallest absolute Gasteiger partial charge is 0.254 e. The van der Waals surface area contributed by atoms with Crippen LogP contribution >= 0.6 is 11.6 Å². The molecule has 2 aromatic heterocycles. The van der Waals surface area contributed by atoms with E-state index in [4.69, 9.17) is 20.8 Å². The molecule has 1 fully saturated rings. The Morgan fingerprint density at radius 3 is 2.85 bits per heavy atom. The third-order valence-corrected chi connectivity index (χ3v) is 4.70. The molecule has 8 heteroatoms. The van der Waals surface area contributed by atoms with Crippen LogP contribution < -0.4 is 10.1 Å². The number of hydrogen-bond donors (Lipinski definition) is 1. The second-order valence-electron chi connectivity index (χ2n) is 6.23. The van der Waals surface area contributed by atoms with Gasteiger partial charge in [0.2, 0.25) is 5.28 Å². The van der Waals surface area contributed by atoms with E-state index < -0.39 is 11.8 Å². The van der Waals surface area contributed by atoms with Crippen LogP contribution in [0.3, 0.4) is 0 Å². The van der Waals surface area contributed by atoms with Crippen molar-refractivity contribution in [2.75, 3.05) is 11.9 Å². The fourth-order valence-electron chi connectivity index (χ4n) is 2.90. The number of anilines is 1. The molecule has 0 amide bonds. The normalized spacial score (nSPS) is 18.5. The SMILES string of the molecule is FC1(F)CCC1COc1cccc2c(NCc3ccco3)nc(Cl)nc12. The van der Waals surface area contributed by atoms with Gasteiger partial charge in [0, 0.05) is 11.8 Å². The van der Waals surface area contributed by atoms with Gasteiger partial charge in [-0.3, -0.25) is 0 Å². The number of nitrogens with one attached hydrogen (secondary N) is 1. The van der Waals surface area contributed by atoms with Gasteiger partial charge in [-0.05, 0) is 42.3 Å². The summed E-state index contributed by atoms with van der Waals surface area (Å²) >= 11 is 6.04. The lowest BCUT2D eigenvalue weighted by Gasteiger charge is -2.35. The molecule has 1 atom stereocenters. The van der Waals surface area contributed by atoms with Gasteiger partial charge in [0.15, 0.2) is 0 Å². The Kier molecular flexibility index (Phi) is 4.40. The second kappa shape index (κ2) is 6.72. The Labute approximate surface area is 153 Å². The summed E-state index contributed by atoms with van der Waals surface area (Å²) in [6.45, 7) is 0.373. The van der Waals surface area contributed by atoms with Gasteiger partial charge in [0.1, 0.15) is 22.8 Å². The molecule has 1 N–H and O–H groups in total. The first-order chi connectivity index (χ1) is 12.5. The molecule has 3 aromatic rings. The first kappa shape index (κ1) is 17.0. The Morgan fingerprint density at radius 2 is 2.15 bits per heavy atom. The standard InChI is InChI=1S/C18H16ClF2N3O2/c19-17-23-15-13(16(24-17)22-9-12-3-2-8-25-12)4-1-5-14(15)26-10-11-6-7-18(11,20)21/h1-5,8,11H,6-7,9-10H2,(H,22,23,24). The number of benzene rings is 1. The number of rotatable bonds is 6. The molecule has 2 heterocycles. The lowest BCUT2D eigenvalue weighted by atomic mass is 9.81. The number of aromatic nitrogens is 2. The number of hydrogen-bond acceptors (Lipinski definition) is 5. The number of furan rings is 1. The predicted octanol–water partition coefficient (Wildman–Crippen LogP) is 4.91. The topological polar surface area (TPSA) is 60.2 Å². The van der Waals surface area contributed by atoms with Crippen LogP contribution in [-0.2, 0) is 6.54 Å². The van der Waals surface area contributed by atoms with E-state index in [1.54, 1.807) is 24.5 Å². The fourth-order valence-corrected chi connectivity index (χ4v) is 3.07.